The molecule has 0 aliphatic heterocycles. The van der Waals surface area contributed by atoms with Gasteiger partial charge < -0.3 is 10.2 Å². The number of nitrogens with zero attached hydrogens (tertiary/aromatic N) is 2. The van der Waals surface area contributed by atoms with Crippen LogP contribution in [0.15, 0.2) is 18.5 Å². The Kier molecular flexibility index (Phi) is 3.22. The van der Waals surface area contributed by atoms with Gasteiger partial charge in [-0.25, -0.2) is 9.59 Å². The summed E-state index contributed by atoms with van der Waals surface area (Å²) in [6.45, 7) is 1.49. The molecule has 0 saturated carbocycles. The summed E-state index contributed by atoms with van der Waals surface area (Å²) >= 11 is 0. The summed E-state index contributed by atoms with van der Waals surface area (Å²) in [4.78, 5) is 20.8. The third-order valence-corrected chi connectivity index (χ3v) is 1.79. The number of aromatic nitrogens is 2. The SMILES string of the molecule is C[C@@H](C(=O)O)n1cc(C=CC(=O)O)cn1. The van der Waals surface area contributed by atoms with E-state index in [4.69, 9.17) is 10.2 Å². The lowest BCUT2D eigenvalue weighted by atomic mass is 10.3. The van der Waals surface area contributed by atoms with Gasteiger partial charge in [-0.1, -0.05) is 0 Å². The van der Waals surface area contributed by atoms with Gasteiger partial charge in [0, 0.05) is 17.8 Å². The fraction of sp³-hybridized carbons (Fsp3) is 0.222. The predicted molar refractivity (Wildman–Crippen MR) is 51.2 cm³/mol. The molecule has 0 unspecified atom stereocenters. The molecule has 1 rings (SSSR count). The topological polar surface area (TPSA) is 92.4 Å². The summed E-state index contributed by atoms with van der Waals surface area (Å²) in [5, 5.41) is 20.9. The van der Waals surface area contributed by atoms with Crippen LogP contribution in [-0.4, -0.2) is 31.9 Å². The molecule has 0 amide bonds. The van der Waals surface area contributed by atoms with Crippen molar-refractivity contribution in [3.63, 3.8) is 0 Å². The Hall–Kier alpha value is -2.11. The Bertz CT molecular complexity index is 408. The van der Waals surface area contributed by atoms with Gasteiger partial charge in [0.15, 0.2) is 0 Å². The van der Waals surface area contributed by atoms with Gasteiger partial charge in [0.2, 0.25) is 0 Å². The van der Waals surface area contributed by atoms with Crippen molar-refractivity contribution >= 4 is 18.0 Å². The molecule has 1 atom stereocenters. The van der Waals surface area contributed by atoms with Crippen LogP contribution in [-0.2, 0) is 9.59 Å². The Morgan fingerprint density at radius 3 is 2.73 bits per heavy atom. The standard InChI is InChI=1S/C9H10N2O4/c1-6(9(14)15)11-5-7(4-10-11)2-3-8(12)13/h2-6H,1H3,(H,12,13)(H,14,15)/t6-/m0/s1. The summed E-state index contributed by atoms with van der Waals surface area (Å²) in [5.74, 6) is -2.05. The van der Waals surface area contributed by atoms with E-state index in [1.165, 1.54) is 30.1 Å². The molecule has 0 aliphatic carbocycles. The van der Waals surface area contributed by atoms with Crippen LogP contribution in [0.4, 0.5) is 0 Å². The van der Waals surface area contributed by atoms with E-state index in [1.54, 1.807) is 0 Å². The monoisotopic (exact) mass is 210 g/mol. The highest BCUT2D eigenvalue weighted by molar-refractivity contribution is 5.85. The Balaban J connectivity index is 2.81. The first-order valence-electron chi connectivity index (χ1n) is 4.18. The highest BCUT2D eigenvalue weighted by Crippen LogP contribution is 2.07. The Morgan fingerprint density at radius 1 is 1.53 bits per heavy atom. The summed E-state index contributed by atoms with van der Waals surface area (Å²) in [7, 11) is 0. The summed E-state index contributed by atoms with van der Waals surface area (Å²) in [6, 6.07) is -0.767. The van der Waals surface area contributed by atoms with Crippen molar-refractivity contribution in [2.45, 2.75) is 13.0 Å². The van der Waals surface area contributed by atoms with E-state index >= 15 is 0 Å². The minimum absolute atomic E-state index is 0.547. The first kappa shape index (κ1) is 11.0. The molecule has 0 radical (unpaired) electrons. The van der Waals surface area contributed by atoms with Gasteiger partial charge in [0.1, 0.15) is 6.04 Å². The van der Waals surface area contributed by atoms with Gasteiger partial charge in [-0.05, 0) is 13.0 Å². The zero-order chi connectivity index (χ0) is 11.4. The van der Waals surface area contributed by atoms with Gasteiger partial charge in [0.05, 0.1) is 6.20 Å². The normalized spacial score (nSPS) is 12.9. The molecule has 6 nitrogen and oxygen atoms in total. The van der Waals surface area contributed by atoms with Crippen molar-refractivity contribution in [1.82, 2.24) is 9.78 Å². The van der Waals surface area contributed by atoms with Crippen molar-refractivity contribution in [2.75, 3.05) is 0 Å². The quantitative estimate of drug-likeness (QED) is 0.711. The van der Waals surface area contributed by atoms with Crippen molar-refractivity contribution in [1.29, 1.82) is 0 Å². The van der Waals surface area contributed by atoms with Gasteiger partial charge in [-0.15, -0.1) is 0 Å². The Labute approximate surface area is 85.5 Å². The number of carboxylic acid groups (broad SMARTS) is 2. The summed E-state index contributed by atoms with van der Waals surface area (Å²) in [5.41, 5.74) is 0.547. The maximum absolute atomic E-state index is 10.6. The van der Waals surface area contributed by atoms with Gasteiger partial charge in [-0.3, -0.25) is 4.68 Å². The molecule has 1 aromatic rings. The van der Waals surface area contributed by atoms with E-state index in [0.29, 0.717) is 5.56 Å². The second-order valence-corrected chi connectivity index (χ2v) is 2.94. The van der Waals surface area contributed by atoms with Crippen molar-refractivity contribution in [3.8, 4) is 0 Å². The van der Waals surface area contributed by atoms with E-state index < -0.39 is 18.0 Å². The zero-order valence-electron chi connectivity index (χ0n) is 7.99. The minimum atomic E-state index is -1.06. The minimum Gasteiger partial charge on any atom is -0.480 e. The lowest BCUT2D eigenvalue weighted by Gasteiger charge is -2.04. The average molecular weight is 210 g/mol. The number of carboxylic acids is 2. The molecule has 0 spiro atoms. The van der Waals surface area contributed by atoms with Crippen LogP contribution in [0.1, 0.15) is 18.5 Å². The van der Waals surface area contributed by atoms with Crippen LogP contribution >= 0.6 is 0 Å². The van der Waals surface area contributed by atoms with Crippen LogP contribution in [0.3, 0.4) is 0 Å². The van der Waals surface area contributed by atoms with E-state index in [1.807, 2.05) is 0 Å². The molecule has 6 heteroatoms. The van der Waals surface area contributed by atoms with E-state index in [2.05, 4.69) is 5.10 Å². The molecular formula is C9H10N2O4. The number of rotatable bonds is 4. The molecule has 2 N–H and O–H groups in total. The molecule has 1 aromatic heterocycles. The summed E-state index contributed by atoms with van der Waals surface area (Å²) < 4.78 is 1.25. The third-order valence-electron chi connectivity index (χ3n) is 1.79. The fourth-order valence-electron chi connectivity index (χ4n) is 0.931. The molecule has 80 valence electrons. The molecule has 0 aliphatic rings. The third kappa shape index (κ3) is 2.94. The van der Waals surface area contributed by atoms with E-state index in [0.717, 1.165) is 6.08 Å². The molecule has 0 saturated heterocycles. The van der Waals surface area contributed by atoms with Crippen LogP contribution in [0.25, 0.3) is 6.08 Å². The van der Waals surface area contributed by atoms with Gasteiger partial charge >= 0.3 is 11.9 Å². The first-order valence-corrected chi connectivity index (χ1v) is 4.18. The summed E-state index contributed by atoms with van der Waals surface area (Å²) in [6.07, 6.45) is 5.18. The largest absolute Gasteiger partial charge is 0.480 e. The van der Waals surface area contributed by atoms with Crippen molar-refractivity contribution < 1.29 is 19.8 Å². The van der Waals surface area contributed by atoms with Crippen molar-refractivity contribution in [2.24, 2.45) is 0 Å². The van der Waals surface area contributed by atoms with Crippen LogP contribution < -0.4 is 0 Å². The second-order valence-electron chi connectivity index (χ2n) is 2.94. The molecule has 0 aromatic carbocycles. The smallest absolute Gasteiger partial charge is 0.328 e. The highest BCUT2D eigenvalue weighted by atomic mass is 16.4. The second kappa shape index (κ2) is 4.41. The number of hydrogen-bond acceptors (Lipinski definition) is 3. The van der Waals surface area contributed by atoms with E-state index in [-0.39, 0.29) is 0 Å². The van der Waals surface area contributed by atoms with E-state index in [9.17, 15) is 9.59 Å². The molecule has 15 heavy (non-hydrogen) atoms. The van der Waals surface area contributed by atoms with Gasteiger partial charge in [-0.2, -0.15) is 5.10 Å². The maximum Gasteiger partial charge on any atom is 0.328 e. The molecule has 1 heterocycles. The molecule has 0 fully saturated rings. The molecule has 0 bridgehead atoms. The van der Waals surface area contributed by atoms with Crippen LogP contribution in [0, 0.1) is 0 Å². The highest BCUT2D eigenvalue weighted by Gasteiger charge is 2.13. The maximum atomic E-state index is 10.6. The average Bonchev–Trinajstić information content (AvgIpc) is 2.61. The lowest BCUT2D eigenvalue weighted by molar-refractivity contribution is -0.140. The van der Waals surface area contributed by atoms with Gasteiger partial charge in [0.25, 0.3) is 0 Å². The number of hydrogen-bond donors (Lipinski definition) is 2. The fourth-order valence-corrected chi connectivity index (χ4v) is 0.931. The number of carbonyl (C=O) groups is 2. The van der Waals surface area contributed by atoms with Crippen LogP contribution in [0.5, 0.6) is 0 Å². The zero-order valence-corrected chi connectivity index (χ0v) is 7.99. The van der Waals surface area contributed by atoms with Crippen LogP contribution in [0.2, 0.25) is 0 Å². The molecular weight excluding hydrogens is 200 g/mol. The Morgan fingerprint density at radius 2 is 2.20 bits per heavy atom. The predicted octanol–water partition coefficient (Wildman–Crippen LogP) is 0.627. The lowest BCUT2D eigenvalue weighted by Crippen LogP contribution is -2.15. The van der Waals surface area contributed by atoms with Crippen molar-refractivity contribution in [3.05, 3.63) is 24.0 Å². The number of aliphatic carboxylic acids is 2. The first-order chi connectivity index (χ1) is 7.00.